The molecule has 0 saturated heterocycles. The first kappa shape index (κ1) is 16.0. The summed E-state index contributed by atoms with van der Waals surface area (Å²) in [7, 11) is 0. The van der Waals surface area contributed by atoms with Crippen molar-refractivity contribution in [1.82, 2.24) is 0 Å². The van der Waals surface area contributed by atoms with Crippen LogP contribution in [0.5, 0.6) is 5.75 Å². The minimum absolute atomic E-state index is 0.296. The van der Waals surface area contributed by atoms with E-state index in [4.69, 9.17) is 14.2 Å². The highest BCUT2D eigenvalue weighted by Gasteiger charge is 2.12. The van der Waals surface area contributed by atoms with Crippen LogP contribution >= 0.6 is 0 Å². The van der Waals surface area contributed by atoms with Crippen molar-refractivity contribution in [3.05, 3.63) is 29.3 Å². The smallest absolute Gasteiger partial charge is 0.191 e. The first-order chi connectivity index (χ1) is 9.08. The minimum atomic E-state index is -0.296. The number of benzene rings is 1. The van der Waals surface area contributed by atoms with Gasteiger partial charge >= 0.3 is 0 Å². The normalized spacial score (nSPS) is 11.3. The molecule has 0 saturated carbocycles. The zero-order valence-electron chi connectivity index (χ0n) is 12.7. The zero-order valence-corrected chi connectivity index (χ0v) is 12.7. The van der Waals surface area contributed by atoms with Gasteiger partial charge in [0.15, 0.2) is 6.29 Å². The maximum absolute atomic E-state index is 5.90. The van der Waals surface area contributed by atoms with Crippen LogP contribution in [0.15, 0.2) is 18.2 Å². The molecule has 0 aliphatic carbocycles. The molecule has 1 aromatic carbocycles. The van der Waals surface area contributed by atoms with Crippen molar-refractivity contribution in [1.29, 1.82) is 0 Å². The Balaban J connectivity index is 2.71. The van der Waals surface area contributed by atoms with Gasteiger partial charge < -0.3 is 14.2 Å². The van der Waals surface area contributed by atoms with Gasteiger partial charge in [0, 0.05) is 13.2 Å². The fraction of sp³-hybridized carbons (Fsp3) is 0.625. The van der Waals surface area contributed by atoms with E-state index in [1.165, 1.54) is 11.1 Å². The molecular formula is C16H26O3. The van der Waals surface area contributed by atoms with Crippen LogP contribution in [-0.2, 0) is 9.47 Å². The van der Waals surface area contributed by atoms with Gasteiger partial charge in [0.2, 0.25) is 0 Å². The van der Waals surface area contributed by atoms with Gasteiger partial charge in [0.25, 0.3) is 0 Å². The molecule has 0 spiro atoms. The number of rotatable bonds is 8. The number of hydrogen-bond acceptors (Lipinski definition) is 3. The van der Waals surface area contributed by atoms with Gasteiger partial charge in [-0.05, 0) is 43.9 Å². The molecule has 0 N–H and O–H groups in total. The summed E-state index contributed by atoms with van der Waals surface area (Å²) in [6.07, 6.45) is -0.296. The summed E-state index contributed by atoms with van der Waals surface area (Å²) in [5.74, 6) is 1.37. The molecule has 3 heteroatoms. The monoisotopic (exact) mass is 266 g/mol. The summed E-state index contributed by atoms with van der Waals surface area (Å²) in [5.41, 5.74) is 2.42. The van der Waals surface area contributed by atoms with E-state index in [0.717, 1.165) is 5.75 Å². The van der Waals surface area contributed by atoms with Crippen LogP contribution in [0, 0.1) is 6.92 Å². The molecule has 0 heterocycles. The molecule has 108 valence electrons. The van der Waals surface area contributed by atoms with Crippen LogP contribution < -0.4 is 4.74 Å². The quantitative estimate of drug-likeness (QED) is 0.668. The molecule has 19 heavy (non-hydrogen) atoms. The van der Waals surface area contributed by atoms with Gasteiger partial charge in [-0.15, -0.1) is 0 Å². The highest BCUT2D eigenvalue weighted by atomic mass is 16.7. The third-order valence-corrected chi connectivity index (χ3v) is 2.87. The zero-order chi connectivity index (χ0) is 14.3. The summed E-state index contributed by atoms with van der Waals surface area (Å²) in [4.78, 5) is 0. The molecular weight excluding hydrogens is 240 g/mol. The lowest BCUT2D eigenvalue weighted by Gasteiger charge is -2.20. The Morgan fingerprint density at radius 1 is 1.05 bits per heavy atom. The lowest BCUT2D eigenvalue weighted by Crippen LogP contribution is -2.25. The van der Waals surface area contributed by atoms with Crippen molar-refractivity contribution in [2.45, 2.75) is 46.8 Å². The fourth-order valence-corrected chi connectivity index (χ4v) is 1.92. The van der Waals surface area contributed by atoms with E-state index in [9.17, 15) is 0 Å². The molecule has 0 radical (unpaired) electrons. The van der Waals surface area contributed by atoms with E-state index in [-0.39, 0.29) is 6.29 Å². The Morgan fingerprint density at radius 2 is 1.68 bits per heavy atom. The number of aryl methyl sites for hydroxylation is 1. The lowest BCUT2D eigenvalue weighted by atomic mass is 10.0. The first-order valence-corrected chi connectivity index (χ1v) is 7.05. The molecule has 0 aromatic heterocycles. The van der Waals surface area contributed by atoms with Gasteiger partial charge in [-0.3, -0.25) is 0 Å². The molecule has 0 aliphatic heterocycles. The molecule has 0 aliphatic rings. The molecule has 1 aromatic rings. The fourth-order valence-electron chi connectivity index (χ4n) is 1.92. The third kappa shape index (κ3) is 5.21. The van der Waals surface area contributed by atoms with Gasteiger partial charge in [-0.1, -0.05) is 26.0 Å². The molecule has 3 nitrogen and oxygen atoms in total. The number of ether oxygens (including phenoxy) is 3. The van der Waals surface area contributed by atoms with Crippen molar-refractivity contribution < 1.29 is 14.2 Å². The number of hydrogen-bond donors (Lipinski definition) is 0. The van der Waals surface area contributed by atoms with Crippen LogP contribution in [-0.4, -0.2) is 26.1 Å². The largest absolute Gasteiger partial charge is 0.488 e. The summed E-state index contributed by atoms with van der Waals surface area (Å²) in [5, 5.41) is 0. The molecule has 0 unspecified atom stereocenters. The van der Waals surface area contributed by atoms with Crippen molar-refractivity contribution in [3.8, 4) is 5.75 Å². The average molecular weight is 266 g/mol. The van der Waals surface area contributed by atoms with Crippen LogP contribution in [0.2, 0.25) is 0 Å². The maximum atomic E-state index is 5.90. The molecule has 0 atom stereocenters. The van der Waals surface area contributed by atoms with Gasteiger partial charge in [-0.2, -0.15) is 0 Å². The van der Waals surface area contributed by atoms with Crippen LogP contribution in [0.4, 0.5) is 0 Å². The standard InChI is InChI=1S/C16H26O3/c1-6-17-16(18-7-2)11-19-15-10-13(5)8-9-14(15)12(3)4/h8-10,12,16H,6-7,11H2,1-5H3. The molecule has 1 rings (SSSR count). The van der Waals surface area contributed by atoms with E-state index >= 15 is 0 Å². The summed E-state index contributed by atoms with van der Waals surface area (Å²) >= 11 is 0. The maximum Gasteiger partial charge on any atom is 0.191 e. The molecule has 0 fully saturated rings. The summed E-state index contributed by atoms with van der Waals surface area (Å²) in [6, 6.07) is 6.32. The second-order valence-corrected chi connectivity index (χ2v) is 4.85. The first-order valence-electron chi connectivity index (χ1n) is 7.05. The predicted octanol–water partition coefficient (Wildman–Crippen LogP) is 3.90. The van der Waals surface area contributed by atoms with Crippen molar-refractivity contribution in [2.75, 3.05) is 19.8 Å². The van der Waals surface area contributed by atoms with Crippen LogP contribution in [0.25, 0.3) is 0 Å². The van der Waals surface area contributed by atoms with E-state index < -0.39 is 0 Å². The highest BCUT2D eigenvalue weighted by Crippen LogP contribution is 2.27. The topological polar surface area (TPSA) is 27.7 Å². The van der Waals surface area contributed by atoms with Gasteiger partial charge in [0.05, 0.1) is 0 Å². The van der Waals surface area contributed by atoms with Crippen LogP contribution in [0.1, 0.15) is 44.7 Å². The van der Waals surface area contributed by atoms with Crippen molar-refractivity contribution in [3.63, 3.8) is 0 Å². The average Bonchev–Trinajstić information content (AvgIpc) is 2.36. The SMILES string of the molecule is CCOC(COc1cc(C)ccc1C(C)C)OCC. The Kier molecular flexibility index (Phi) is 6.89. The van der Waals surface area contributed by atoms with Crippen LogP contribution in [0.3, 0.4) is 0 Å². The second-order valence-electron chi connectivity index (χ2n) is 4.85. The second kappa shape index (κ2) is 8.18. The van der Waals surface area contributed by atoms with E-state index in [0.29, 0.717) is 25.7 Å². The van der Waals surface area contributed by atoms with Gasteiger partial charge in [0.1, 0.15) is 12.4 Å². The Labute approximate surface area is 116 Å². The molecule has 0 amide bonds. The molecule has 0 bridgehead atoms. The minimum Gasteiger partial charge on any atom is -0.488 e. The predicted molar refractivity (Wildman–Crippen MR) is 77.8 cm³/mol. The Bertz CT molecular complexity index is 368. The van der Waals surface area contributed by atoms with E-state index in [1.54, 1.807) is 0 Å². The van der Waals surface area contributed by atoms with E-state index in [2.05, 4.69) is 39.0 Å². The lowest BCUT2D eigenvalue weighted by molar-refractivity contribution is -0.152. The Morgan fingerprint density at radius 3 is 2.21 bits per heavy atom. The highest BCUT2D eigenvalue weighted by molar-refractivity contribution is 5.39. The summed E-state index contributed by atoms with van der Waals surface area (Å²) < 4.78 is 16.9. The third-order valence-electron chi connectivity index (χ3n) is 2.87. The van der Waals surface area contributed by atoms with Crippen molar-refractivity contribution >= 4 is 0 Å². The van der Waals surface area contributed by atoms with Crippen molar-refractivity contribution in [2.24, 2.45) is 0 Å². The van der Waals surface area contributed by atoms with Gasteiger partial charge in [-0.25, -0.2) is 0 Å². The Hall–Kier alpha value is -1.06. The summed E-state index contributed by atoms with van der Waals surface area (Å²) in [6.45, 7) is 12.0. The van der Waals surface area contributed by atoms with E-state index in [1.807, 2.05) is 13.8 Å².